The van der Waals surface area contributed by atoms with E-state index in [2.05, 4.69) is 4.74 Å². The average Bonchev–Trinajstić information content (AvgIpc) is 2.27. The molecule has 0 aliphatic rings. The topological polar surface area (TPSA) is 50.1 Å². The second-order valence-electron chi connectivity index (χ2n) is 3.19. The largest absolute Gasteiger partial charge is 0.491 e. The molecule has 1 aromatic carbocycles. The van der Waals surface area contributed by atoms with E-state index in [1.54, 1.807) is 0 Å². The van der Waals surface area contributed by atoms with Crippen molar-refractivity contribution in [2.24, 2.45) is 0 Å². The smallest absolute Gasteiger partial charge is 0.420 e. The van der Waals surface area contributed by atoms with Crippen LogP contribution in [0.2, 0.25) is 0 Å². The zero-order valence-electron chi connectivity index (χ0n) is 8.62. The van der Waals surface area contributed by atoms with Gasteiger partial charge in [0.05, 0.1) is 6.07 Å². The number of carbonyl (C=O) groups is 1. The molecule has 6 heteroatoms. The van der Waals surface area contributed by atoms with Gasteiger partial charge in [0.25, 0.3) is 0 Å². The molecule has 0 saturated heterocycles. The Morgan fingerprint density at radius 2 is 1.88 bits per heavy atom. The molecule has 0 unspecified atom stereocenters. The quantitative estimate of drug-likeness (QED) is 0.605. The summed E-state index contributed by atoms with van der Waals surface area (Å²) in [5, 5.41) is 8.35. The first-order valence-corrected chi connectivity index (χ1v) is 4.68. The Morgan fingerprint density at radius 1 is 1.29 bits per heavy atom. The molecular formula is C11H8F3NO2. The van der Waals surface area contributed by atoms with Crippen LogP contribution in [0.15, 0.2) is 24.3 Å². The lowest BCUT2D eigenvalue weighted by molar-refractivity contribution is -0.189. The maximum atomic E-state index is 11.9. The highest BCUT2D eigenvalue weighted by atomic mass is 19.4. The predicted octanol–water partition coefficient (Wildman–Crippen LogP) is 2.61. The number of hydrogen-bond acceptors (Lipinski definition) is 3. The Hall–Kier alpha value is -2.03. The molecule has 1 rings (SSSR count). The first kappa shape index (κ1) is 13.0. The van der Waals surface area contributed by atoms with Crippen molar-refractivity contribution in [3.63, 3.8) is 0 Å². The second kappa shape index (κ2) is 5.34. The highest BCUT2D eigenvalue weighted by Gasteiger charge is 2.41. The van der Waals surface area contributed by atoms with Crippen LogP contribution in [-0.4, -0.2) is 12.1 Å². The average molecular weight is 243 g/mol. The lowest BCUT2D eigenvalue weighted by atomic mass is 10.1. The van der Waals surface area contributed by atoms with E-state index < -0.39 is 12.1 Å². The number of halogens is 3. The van der Waals surface area contributed by atoms with Gasteiger partial charge in [0.1, 0.15) is 5.75 Å². The van der Waals surface area contributed by atoms with Crippen LogP contribution in [0.25, 0.3) is 0 Å². The molecule has 0 amide bonds. The van der Waals surface area contributed by atoms with Crippen molar-refractivity contribution in [2.75, 3.05) is 0 Å². The number of nitrogens with zero attached hydrogens (tertiary/aromatic N) is 1. The van der Waals surface area contributed by atoms with E-state index in [9.17, 15) is 18.0 Å². The molecule has 17 heavy (non-hydrogen) atoms. The Bertz CT molecular complexity index is 432. The minimum absolute atomic E-state index is 0.173. The van der Waals surface area contributed by atoms with Gasteiger partial charge in [-0.2, -0.15) is 18.4 Å². The molecule has 1 aromatic rings. The number of hydrogen-bond donors (Lipinski definition) is 0. The Kier molecular flexibility index (Phi) is 4.10. The maximum absolute atomic E-state index is 11.9. The van der Waals surface area contributed by atoms with Gasteiger partial charge in [-0.15, -0.1) is 0 Å². The van der Waals surface area contributed by atoms with Crippen molar-refractivity contribution in [3.8, 4) is 11.8 Å². The molecule has 0 aromatic heterocycles. The van der Waals surface area contributed by atoms with Gasteiger partial charge in [-0.1, -0.05) is 12.1 Å². The van der Waals surface area contributed by atoms with Crippen molar-refractivity contribution in [3.05, 3.63) is 29.8 Å². The van der Waals surface area contributed by atoms with Crippen LogP contribution < -0.4 is 4.74 Å². The van der Waals surface area contributed by atoms with Gasteiger partial charge < -0.3 is 4.74 Å². The van der Waals surface area contributed by atoms with Crippen LogP contribution >= 0.6 is 0 Å². The molecule has 0 heterocycles. The van der Waals surface area contributed by atoms with Crippen molar-refractivity contribution in [1.82, 2.24) is 0 Å². The number of esters is 1. The summed E-state index contributed by atoms with van der Waals surface area (Å²) in [5.74, 6) is -2.42. The molecule has 0 N–H and O–H groups in total. The van der Waals surface area contributed by atoms with Crippen molar-refractivity contribution < 1.29 is 22.7 Å². The third kappa shape index (κ3) is 4.15. The zero-order valence-corrected chi connectivity index (χ0v) is 8.62. The van der Waals surface area contributed by atoms with E-state index in [0.29, 0.717) is 12.8 Å². The van der Waals surface area contributed by atoms with Crippen molar-refractivity contribution >= 4 is 5.97 Å². The van der Waals surface area contributed by atoms with E-state index in [1.165, 1.54) is 24.3 Å². The predicted molar refractivity (Wildman–Crippen MR) is 52.1 cm³/mol. The molecule has 3 nitrogen and oxygen atoms in total. The van der Waals surface area contributed by atoms with Gasteiger partial charge in [-0.25, -0.2) is 4.79 Å². The molecule has 0 fully saturated rings. The molecule has 0 atom stereocenters. The first-order valence-electron chi connectivity index (χ1n) is 4.68. The molecule has 0 spiro atoms. The van der Waals surface area contributed by atoms with E-state index in [1.807, 2.05) is 6.07 Å². The number of rotatable bonds is 3. The number of benzene rings is 1. The van der Waals surface area contributed by atoms with Crippen LogP contribution in [0.1, 0.15) is 12.0 Å². The number of carbonyl (C=O) groups excluding carboxylic acids is 1. The molecule has 0 saturated carbocycles. The molecule has 0 bridgehead atoms. The van der Waals surface area contributed by atoms with Gasteiger partial charge in [0.2, 0.25) is 0 Å². The molecule has 0 aliphatic heterocycles. The summed E-state index contributed by atoms with van der Waals surface area (Å²) in [4.78, 5) is 10.5. The monoisotopic (exact) mass is 243 g/mol. The fraction of sp³-hybridized carbons (Fsp3) is 0.273. The second-order valence-corrected chi connectivity index (χ2v) is 3.19. The molecule has 90 valence electrons. The summed E-state index contributed by atoms with van der Waals surface area (Å²) in [7, 11) is 0. The third-order valence-electron chi connectivity index (χ3n) is 1.89. The Morgan fingerprint density at radius 3 is 2.35 bits per heavy atom. The van der Waals surface area contributed by atoms with Gasteiger partial charge in [-0.3, -0.25) is 0 Å². The normalized spacial score (nSPS) is 10.7. The van der Waals surface area contributed by atoms with E-state index in [0.717, 1.165) is 5.56 Å². The highest BCUT2D eigenvalue weighted by Crippen LogP contribution is 2.20. The minimum Gasteiger partial charge on any atom is -0.420 e. The molecule has 0 radical (unpaired) electrons. The summed E-state index contributed by atoms with van der Waals surface area (Å²) in [5.41, 5.74) is 0.790. The standard InChI is InChI=1S/C11H8F3NO2/c12-11(13,14)10(16)17-9-5-3-8(4-6-9)2-1-7-15/h3-6H,1-2H2. The maximum Gasteiger partial charge on any atom is 0.491 e. The SMILES string of the molecule is N#CCCc1ccc(OC(=O)C(F)(F)F)cc1. The van der Waals surface area contributed by atoms with Crippen molar-refractivity contribution in [1.29, 1.82) is 5.26 Å². The van der Waals surface area contributed by atoms with Gasteiger partial charge >= 0.3 is 12.1 Å². The Labute approximate surface area is 95.4 Å². The lowest BCUT2D eigenvalue weighted by Crippen LogP contribution is -2.27. The van der Waals surface area contributed by atoms with Gasteiger partial charge in [-0.05, 0) is 24.1 Å². The number of alkyl halides is 3. The summed E-state index contributed by atoms with van der Waals surface area (Å²) in [6.07, 6.45) is -4.18. The van der Waals surface area contributed by atoms with E-state index in [4.69, 9.17) is 5.26 Å². The summed E-state index contributed by atoms with van der Waals surface area (Å²) in [6.45, 7) is 0. The first-order chi connectivity index (χ1) is 7.93. The fourth-order valence-electron chi connectivity index (χ4n) is 1.09. The minimum atomic E-state index is -5.00. The van der Waals surface area contributed by atoms with Crippen LogP contribution in [0.5, 0.6) is 5.75 Å². The lowest BCUT2D eigenvalue weighted by Gasteiger charge is -2.07. The van der Waals surface area contributed by atoms with Crippen molar-refractivity contribution in [2.45, 2.75) is 19.0 Å². The van der Waals surface area contributed by atoms with Crippen LogP contribution in [0.4, 0.5) is 13.2 Å². The van der Waals surface area contributed by atoms with Gasteiger partial charge in [0, 0.05) is 6.42 Å². The molecule has 0 aliphatic carbocycles. The summed E-state index contributed by atoms with van der Waals surface area (Å²) >= 11 is 0. The Balaban J connectivity index is 2.63. The fourth-order valence-corrected chi connectivity index (χ4v) is 1.09. The van der Waals surface area contributed by atoms with Crippen LogP contribution in [0.3, 0.4) is 0 Å². The third-order valence-corrected chi connectivity index (χ3v) is 1.89. The van der Waals surface area contributed by atoms with E-state index in [-0.39, 0.29) is 5.75 Å². The number of ether oxygens (including phenoxy) is 1. The summed E-state index contributed by atoms with van der Waals surface area (Å²) < 4.78 is 39.7. The number of aryl methyl sites for hydroxylation is 1. The van der Waals surface area contributed by atoms with Crippen LogP contribution in [-0.2, 0) is 11.2 Å². The van der Waals surface area contributed by atoms with Gasteiger partial charge in [0.15, 0.2) is 0 Å². The summed E-state index contributed by atoms with van der Waals surface area (Å²) in [6, 6.07) is 7.49. The van der Waals surface area contributed by atoms with E-state index >= 15 is 0 Å². The zero-order chi connectivity index (χ0) is 12.9. The number of nitriles is 1. The van der Waals surface area contributed by atoms with Crippen LogP contribution in [0, 0.1) is 11.3 Å². The highest BCUT2D eigenvalue weighted by molar-refractivity contribution is 5.78. The molecular weight excluding hydrogens is 235 g/mol.